The number of hydrogen-bond donors (Lipinski definition) is 1. The van der Waals surface area contributed by atoms with Crippen LogP contribution in [0.4, 0.5) is 4.39 Å². The molecule has 0 aromatic heterocycles. The quantitative estimate of drug-likeness (QED) is 0.759. The summed E-state index contributed by atoms with van der Waals surface area (Å²) >= 11 is 0. The monoisotopic (exact) mass is 289 g/mol. The molecule has 0 aliphatic heterocycles. The lowest BCUT2D eigenvalue weighted by atomic mass is 10.1. The van der Waals surface area contributed by atoms with Crippen molar-refractivity contribution in [3.05, 3.63) is 59.9 Å². The Morgan fingerprint density at radius 1 is 0.810 bits per heavy atom. The van der Waals surface area contributed by atoms with Crippen molar-refractivity contribution in [3.8, 4) is 11.5 Å². The molecule has 0 spiro atoms. The Balaban J connectivity index is 1.64. The van der Waals surface area contributed by atoms with E-state index in [1.807, 2.05) is 24.3 Å². The first-order chi connectivity index (χ1) is 10.3. The van der Waals surface area contributed by atoms with Crippen LogP contribution < -0.4 is 15.2 Å². The third-order valence-electron chi connectivity index (χ3n) is 3.00. The third-order valence-corrected chi connectivity index (χ3v) is 3.00. The molecule has 0 saturated heterocycles. The number of nitrogens with two attached hydrogens (primary N) is 1. The summed E-state index contributed by atoms with van der Waals surface area (Å²) in [5.41, 5.74) is 6.71. The standard InChI is InChI=1S/C17H20FNO2/c18-15-4-8-17(9-5-15)21-13-1-12-20-16-6-2-14(3-7-16)10-11-19/h2-9H,1,10-13,19H2. The number of rotatable bonds is 8. The summed E-state index contributed by atoms with van der Waals surface area (Å²) in [5, 5.41) is 0. The van der Waals surface area contributed by atoms with Crippen LogP contribution in [0.15, 0.2) is 48.5 Å². The van der Waals surface area contributed by atoms with Gasteiger partial charge in [-0.25, -0.2) is 4.39 Å². The minimum atomic E-state index is -0.260. The van der Waals surface area contributed by atoms with E-state index >= 15 is 0 Å². The van der Waals surface area contributed by atoms with Gasteiger partial charge in [0.15, 0.2) is 0 Å². The van der Waals surface area contributed by atoms with Crippen molar-refractivity contribution >= 4 is 0 Å². The van der Waals surface area contributed by atoms with E-state index in [1.165, 1.54) is 17.7 Å². The van der Waals surface area contributed by atoms with Gasteiger partial charge in [-0.05, 0) is 54.9 Å². The van der Waals surface area contributed by atoms with E-state index in [0.717, 1.165) is 18.6 Å². The van der Waals surface area contributed by atoms with Crippen molar-refractivity contribution in [1.29, 1.82) is 0 Å². The molecule has 0 fully saturated rings. The lowest BCUT2D eigenvalue weighted by Gasteiger charge is -2.08. The molecule has 2 rings (SSSR count). The topological polar surface area (TPSA) is 44.5 Å². The molecule has 0 aliphatic carbocycles. The Bertz CT molecular complexity index is 525. The zero-order chi connectivity index (χ0) is 14.9. The molecule has 2 aromatic rings. The molecule has 2 N–H and O–H groups in total. The summed E-state index contributed by atoms with van der Waals surface area (Å²) in [6.07, 6.45) is 1.65. The van der Waals surface area contributed by atoms with Crippen molar-refractivity contribution in [3.63, 3.8) is 0 Å². The van der Waals surface area contributed by atoms with Crippen LogP contribution in [0, 0.1) is 5.82 Å². The van der Waals surface area contributed by atoms with Gasteiger partial charge in [-0.1, -0.05) is 12.1 Å². The minimum Gasteiger partial charge on any atom is -0.493 e. The van der Waals surface area contributed by atoms with Gasteiger partial charge in [0.25, 0.3) is 0 Å². The average Bonchev–Trinajstić information content (AvgIpc) is 2.51. The van der Waals surface area contributed by atoms with E-state index in [2.05, 4.69) is 0 Å². The van der Waals surface area contributed by atoms with E-state index in [4.69, 9.17) is 15.2 Å². The fourth-order valence-corrected chi connectivity index (χ4v) is 1.89. The first-order valence-corrected chi connectivity index (χ1v) is 7.08. The van der Waals surface area contributed by atoms with Crippen LogP contribution in [0.5, 0.6) is 11.5 Å². The SMILES string of the molecule is NCCc1ccc(OCCCOc2ccc(F)cc2)cc1. The Kier molecular flexibility index (Phi) is 6.03. The molecule has 0 aliphatic rings. The second-order valence-corrected chi connectivity index (χ2v) is 4.69. The highest BCUT2D eigenvalue weighted by Crippen LogP contribution is 2.13. The van der Waals surface area contributed by atoms with Gasteiger partial charge in [0, 0.05) is 6.42 Å². The molecule has 4 heteroatoms. The van der Waals surface area contributed by atoms with Gasteiger partial charge in [-0.3, -0.25) is 0 Å². The van der Waals surface area contributed by atoms with E-state index < -0.39 is 0 Å². The fraction of sp³-hybridized carbons (Fsp3) is 0.294. The Labute approximate surface area is 124 Å². The highest BCUT2D eigenvalue weighted by atomic mass is 19.1. The second kappa shape index (κ2) is 8.27. The van der Waals surface area contributed by atoms with E-state index in [-0.39, 0.29) is 5.82 Å². The fourth-order valence-electron chi connectivity index (χ4n) is 1.89. The predicted molar refractivity (Wildman–Crippen MR) is 81.2 cm³/mol. The smallest absolute Gasteiger partial charge is 0.123 e. The third kappa shape index (κ3) is 5.44. The van der Waals surface area contributed by atoms with Crippen LogP contribution in [-0.2, 0) is 6.42 Å². The van der Waals surface area contributed by atoms with E-state index in [1.54, 1.807) is 12.1 Å². The Morgan fingerprint density at radius 3 is 1.86 bits per heavy atom. The molecular formula is C17H20FNO2. The molecule has 0 bridgehead atoms. The first-order valence-electron chi connectivity index (χ1n) is 7.08. The highest BCUT2D eigenvalue weighted by molar-refractivity contribution is 5.27. The Morgan fingerprint density at radius 2 is 1.33 bits per heavy atom. The number of hydrogen-bond acceptors (Lipinski definition) is 3. The molecule has 0 atom stereocenters. The van der Waals surface area contributed by atoms with Crippen molar-refractivity contribution in [2.75, 3.05) is 19.8 Å². The van der Waals surface area contributed by atoms with Crippen LogP contribution in [0.2, 0.25) is 0 Å². The normalized spacial score (nSPS) is 10.4. The molecule has 0 radical (unpaired) electrons. The molecule has 2 aromatic carbocycles. The van der Waals surface area contributed by atoms with Crippen LogP contribution >= 0.6 is 0 Å². The molecular weight excluding hydrogens is 269 g/mol. The van der Waals surface area contributed by atoms with Gasteiger partial charge in [-0.2, -0.15) is 0 Å². The zero-order valence-corrected chi connectivity index (χ0v) is 11.9. The van der Waals surface area contributed by atoms with E-state index in [9.17, 15) is 4.39 Å². The summed E-state index contributed by atoms with van der Waals surface area (Å²) in [5.74, 6) is 1.25. The average molecular weight is 289 g/mol. The number of benzene rings is 2. The summed E-state index contributed by atoms with van der Waals surface area (Å²) < 4.78 is 23.8. The van der Waals surface area contributed by atoms with Gasteiger partial charge in [0.1, 0.15) is 17.3 Å². The van der Waals surface area contributed by atoms with E-state index in [0.29, 0.717) is 25.5 Å². The minimum absolute atomic E-state index is 0.260. The largest absolute Gasteiger partial charge is 0.493 e. The highest BCUT2D eigenvalue weighted by Gasteiger charge is 1.97. The molecule has 0 unspecified atom stereocenters. The van der Waals surface area contributed by atoms with Crippen molar-refractivity contribution < 1.29 is 13.9 Å². The second-order valence-electron chi connectivity index (χ2n) is 4.69. The van der Waals surface area contributed by atoms with Gasteiger partial charge in [0.05, 0.1) is 13.2 Å². The molecule has 3 nitrogen and oxygen atoms in total. The van der Waals surface area contributed by atoms with Gasteiger partial charge in [0.2, 0.25) is 0 Å². The maximum absolute atomic E-state index is 12.7. The van der Waals surface area contributed by atoms with Crippen LogP contribution in [-0.4, -0.2) is 19.8 Å². The van der Waals surface area contributed by atoms with Gasteiger partial charge < -0.3 is 15.2 Å². The molecule has 21 heavy (non-hydrogen) atoms. The maximum Gasteiger partial charge on any atom is 0.123 e. The lowest BCUT2D eigenvalue weighted by Crippen LogP contribution is -2.05. The Hall–Kier alpha value is -2.07. The van der Waals surface area contributed by atoms with Crippen LogP contribution in [0.25, 0.3) is 0 Å². The predicted octanol–water partition coefficient (Wildman–Crippen LogP) is 3.17. The molecule has 0 saturated carbocycles. The summed E-state index contributed by atoms with van der Waals surface area (Å²) in [6.45, 7) is 1.77. The van der Waals surface area contributed by atoms with Crippen molar-refractivity contribution in [1.82, 2.24) is 0 Å². The molecule has 0 amide bonds. The number of halogens is 1. The van der Waals surface area contributed by atoms with Crippen molar-refractivity contribution in [2.45, 2.75) is 12.8 Å². The molecule has 112 valence electrons. The molecule has 0 heterocycles. The zero-order valence-electron chi connectivity index (χ0n) is 11.9. The van der Waals surface area contributed by atoms with Gasteiger partial charge >= 0.3 is 0 Å². The summed E-state index contributed by atoms with van der Waals surface area (Å²) in [6, 6.07) is 14.0. The maximum atomic E-state index is 12.7. The van der Waals surface area contributed by atoms with Crippen molar-refractivity contribution in [2.24, 2.45) is 5.73 Å². The lowest BCUT2D eigenvalue weighted by molar-refractivity contribution is 0.247. The van der Waals surface area contributed by atoms with Crippen LogP contribution in [0.3, 0.4) is 0 Å². The summed E-state index contributed by atoms with van der Waals surface area (Å²) in [7, 11) is 0. The van der Waals surface area contributed by atoms with Gasteiger partial charge in [-0.15, -0.1) is 0 Å². The number of ether oxygens (including phenoxy) is 2. The van der Waals surface area contributed by atoms with Crippen LogP contribution in [0.1, 0.15) is 12.0 Å². The first kappa shape index (κ1) is 15.3. The summed E-state index contributed by atoms with van der Waals surface area (Å²) in [4.78, 5) is 0.